The van der Waals surface area contributed by atoms with E-state index in [4.69, 9.17) is 4.74 Å². The lowest BCUT2D eigenvalue weighted by Gasteiger charge is -2.10. The van der Waals surface area contributed by atoms with Crippen LogP contribution in [0.5, 0.6) is 11.5 Å². The van der Waals surface area contributed by atoms with Crippen LogP contribution < -0.4 is 10.2 Å². The lowest BCUT2D eigenvalue weighted by Crippen LogP contribution is -1.99. The second kappa shape index (κ2) is 6.15. The summed E-state index contributed by atoms with van der Waals surface area (Å²) in [6.45, 7) is 0. The van der Waals surface area contributed by atoms with Crippen molar-refractivity contribution in [3.63, 3.8) is 0 Å². The summed E-state index contributed by atoms with van der Waals surface area (Å²) in [5.74, 6) is -2.80. The number of hydrogen-bond acceptors (Lipinski definition) is 3. The van der Waals surface area contributed by atoms with Gasteiger partial charge >= 0.3 is 0 Å². The minimum absolute atomic E-state index is 0.100. The third kappa shape index (κ3) is 3.23. The van der Waals surface area contributed by atoms with Crippen LogP contribution in [-0.4, -0.2) is 7.11 Å². The molecule has 0 fully saturated rings. The molecule has 0 unspecified atom stereocenters. The Labute approximate surface area is 121 Å². The summed E-state index contributed by atoms with van der Waals surface area (Å²) < 4.78 is 45.8. The predicted octanol–water partition coefficient (Wildman–Crippen LogP) is 4.63. The highest BCUT2D eigenvalue weighted by atomic mass is 79.9. The maximum atomic E-state index is 13.8. The van der Waals surface area contributed by atoms with Gasteiger partial charge in [-0.25, -0.2) is 13.2 Å². The number of anilines is 1. The zero-order valence-corrected chi connectivity index (χ0v) is 11.8. The first-order valence-corrected chi connectivity index (χ1v) is 6.21. The van der Waals surface area contributed by atoms with Crippen molar-refractivity contribution in [1.29, 1.82) is 0 Å². The Morgan fingerprint density at radius 3 is 2.20 bits per heavy atom. The summed E-state index contributed by atoms with van der Waals surface area (Å²) in [6.07, 6.45) is 0. The number of ether oxygens (including phenoxy) is 1. The van der Waals surface area contributed by atoms with E-state index in [2.05, 4.69) is 26.2 Å². The minimum atomic E-state index is -0.912. The Kier molecular flexibility index (Phi) is 4.51. The van der Waals surface area contributed by atoms with E-state index in [1.165, 1.54) is 19.2 Å². The van der Waals surface area contributed by atoms with E-state index in [0.29, 0.717) is 0 Å². The Bertz CT molecular complexity index is 614. The van der Waals surface area contributed by atoms with Crippen LogP contribution in [0.15, 0.2) is 34.8 Å². The van der Waals surface area contributed by atoms with Gasteiger partial charge in [-0.15, -0.1) is 0 Å². The summed E-state index contributed by atoms with van der Waals surface area (Å²) in [5, 5.41) is 0. The number of halogens is 4. The molecule has 0 saturated heterocycles. The average molecular weight is 348 g/mol. The number of rotatable bonds is 4. The Morgan fingerprint density at radius 1 is 1.00 bits per heavy atom. The molecule has 2 rings (SSSR count). The molecular formula is C13H9BrF3NO2. The highest BCUT2D eigenvalue weighted by Gasteiger charge is 2.14. The first-order valence-electron chi connectivity index (χ1n) is 5.42. The standard InChI is InChI=1S/C13H9BrF3NO2/c1-19-18-7-4-11(16)13(12(17)5-7)20-8-2-3-10(15)9(14)6-8/h2-6,18H,1H3. The fraction of sp³-hybridized carbons (Fsp3) is 0.0769. The molecule has 0 aliphatic heterocycles. The largest absolute Gasteiger partial charge is 0.451 e. The second-order valence-corrected chi connectivity index (χ2v) is 4.61. The fourth-order valence-corrected chi connectivity index (χ4v) is 1.85. The van der Waals surface area contributed by atoms with E-state index in [-0.39, 0.29) is 15.9 Å². The van der Waals surface area contributed by atoms with E-state index >= 15 is 0 Å². The Morgan fingerprint density at radius 2 is 1.65 bits per heavy atom. The molecule has 0 bridgehead atoms. The molecule has 0 spiro atoms. The summed E-state index contributed by atoms with van der Waals surface area (Å²) in [5.41, 5.74) is 2.41. The molecule has 1 N–H and O–H groups in total. The van der Waals surface area contributed by atoms with E-state index in [1.807, 2.05) is 0 Å². The highest BCUT2D eigenvalue weighted by Crippen LogP contribution is 2.31. The third-order valence-corrected chi connectivity index (χ3v) is 2.94. The molecule has 7 heteroatoms. The molecule has 20 heavy (non-hydrogen) atoms. The van der Waals surface area contributed by atoms with Gasteiger partial charge in [0, 0.05) is 12.1 Å². The summed E-state index contributed by atoms with van der Waals surface area (Å²) in [4.78, 5) is 4.55. The van der Waals surface area contributed by atoms with Crippen molar-refractivity contribution < 1.29 is 22.7 Å². The highest BCUT2D eigenvalue weighted by molar-refractivity contribution is 9.10. The van der Waals surface area contributed by atoms with Gasteiger partial charge in [0.1, 0.15) is 11.6 Å². The number of benzene rings is 2. The van der Waals surface area contributed by atoms with Crippen molar-refractivity contribution in [3.05, 3.63) is 52.3 Å². The van der Waals surface area contributed by atoms with Crippen LogP contribution in [0.3, 0.4) is 0 Å². The van der Waals surface area contributed by atoms with Crippen LogP contribution in [0, 0.1) is 17.5 Å². The smallest absolute Gasteiger partial charge is 0.198 e. The van der Waals surface area contributed by atoms with Gasteiger partial charge in [0.15, 0.2) is 17.4 Å². The molecule has 0 atom stereocenters. The van der Waals surface area contributed by atoms with E-state index in [1.54, 1.807) is 0 Å². The predicted molar refractivity (Wildman–Crippen MR) is 71.2 cm³/mol. The zero-order chi connectivity index (χ0) is 14.7. The van der Waals surface area contributed by atoms with Gasteiger partial charge in [0.25, 0.3) is 0 Å². The molecule has 0 aliphatic rings. The van der Waals surface area contributed by atoms with Crippen molar-refractivity contribution >= 4 is 21.6 Å². The molecule has 0 aromatic heterocycles. The monoisotopic (exact) mass is 347 g/mol. The lowest BCUT2D eigenvalue weighted by atomic mass is 10.2. The normalized spacial score (nSPS) is 10.4. The lowest BCUT2D eigenvalue weighted by molar-refractivity contribution is 0.270. The van der Waals surface area contributed by atoms with Gasteiger partial charge in [-0.1, -0.05) is 0 Å². The molecule has 0 aliphatic carbocycles. The molecule has 3 nitrogen and oxygen atoms in total. The van der Waals surface area contributed by atoms with Crippen LogP contribution >= 0.6 is 15.9 Å². The molecule has 0 heterocycles. The van der Waals surface area contributed by atoms with Gasteiger partial charge in [0.2, 0.25) is 0 Å². The average Bonchev–Trinajstić information content (AvgIpc) is 2.38. The van der Waals surface area contributed by atoms with Crippen molar-refractivity contribution in [2.75, 3.05) is 12.6 Å². The molecule has 0 saturated carbocycles. The molecule has 0 amide bonds. The van der Waals surface area contributed by atoms with Crippen LogP contribution in [0.2, 0.25) is 0 Å². The first kappa shape index (κ1) is 14.7. The summed E-state index contributed by atoms with van der Waals surface area (Å²) >= 11 is 2.96. The second-order valence-electron chi connectivity index (χ2n) is 3.75. The quantitative estimate of drug-likeness (QED) is 0.817. The van der Waals surface area contributed by atoms with Crippen LogP contribution in [0.25, 0.3) is 0 Å². The van der Waals surface area contributed by atoms with Crippen LogP contribution in [-0.2, 0) is 4.84 Å². The van der Waals surface area contributed by atoms with Crippen molar-refractivity contribution in [2.24, 2.45) is 0 Å². The number of nitrogens with one attached hydrogen (secondary N) is 1. The van der Waals surface area contributed by atoms with Gasteiger partial charge in [0.05, 0.1) is 17.3 Å². The summed E-state index contributed by atoms with van der Waals surface area (Å²) in [7, 11) is 1.32. The molecular weight excluding hydrogens is 339 g/mol. The van der Waals surface area contributed by atoms with Crippen molar-refractivity contribution in [2.45, 2.75) is 0 Å². The molecule has 106 valence electrons. The van der Waals surface area contributed by atoms with E-state index < -0.39 is 23.2 Å². The summed E-state index contributed by atoms with van der Waals surface area (Å²) in [6, 6.07) is 5.69. The third-order valence-electron chi connectivity index (χ3n) is 2.33. The topological polar surface area (TPSA) is 30.5 Å². The van der Waals surface area contributed by atoms with Crippen LogP contribution in [0.1, 0.15) is 0 Å². The van der Waals surface area contributed by atoms with Crippen LogP contribution in [0.4, 0.5) is 18.9 Å². The fourth-order valence-electron chi connectivity index (χ4n) is 1.49. The first-order chi connectivity index (χ1) is 9.51. The van der Waals surface area contributed by atoms with Gasteiger partial charge < -0.3 is 4.74 Å². The maximum absolute atomic E-state index is 13.8. The minimum Gasteiger partial charge on any atom is -0.451 e. The van der Waals surface area contributed by atoms with Gasteiger partial charge in [-0.05, 0) is 34.1 Å². The van der Waals surface area contributed by atoms with Crippen molar-refractivity contribution in [3.8, 4) is 11.5 Å². The van der Waals surface area contributed by atoms with E-state index in [0.717, 1.165) is 18.2 Å². The molecule has 2 aromatic carbocycles. The zero-order valence-electron chi connectivity index (χ0n) is 10.2. The molecule has 2 aromatic rings. The van der Waals surface area contributed by atoms with Crippen molar-refractivity contribution in [1.82, 2.24) is 0 Å². The van der Waals surface area contributed by atoms with E-state index in [9.17, 15) is 13.2 Å². The number of hydrogen-bond donors (Lipinski definition) is 1. The maximum Gasteiger partial charge on any atom is 0.198 e. The SMILES string of the molecule is CONc1cc(F)c(Oc2ccc(F)c(Br)c2)c(F)c1. The molecule has 0 radical (unpaired) electrons. The Hall–Kier alpha value is -1.73. The Balaban J connectivity index is 2.31. The van der Waals surface area contributed by atoms with Gasteiger partial charge in [-0.3, -0.25) is 10.3 Å². The van der Waals surface area contributed by atoms with Gasteiger partial charge in [-0.2, -0.15) is 0 Å².